The predicted molar refractivity (Wildman–Crippen MR) is 56.1 cm³/mol. The van der Waals surface area contributed by atoms with Gasteiger partial charge in [-0.1, -0.05) is 12.1 Å². The van der Waals surface area contributed by atoms with Crippen LogP contribution in [0.4, 0.5) is 5.69 Å². The highest BCUT2D eigenvalue weighted by Gasteiger charge is 1.93. The number of aromatic nitrogens is 2. The smallest absolute Gasteiger partial charge is 0.107 e. The molecule has 0 bridgehead atoms. The number of nitrogens with zero attached hydrogens (tertiary/aromatic N) is 1. The van der Waals surface area contributed by atoms with Crippen molar-refractivity contribution in [2.75, 3.05) is 11.9 Å². The second kappa shape index (κ2) is 4.46. The molecule has 0 saturated heterocycles. The number of nitrogens with one attached hydrogen (secondary N) is 2. The van der Waals surface area contributed by atoms with Crippen LogP contribution in [0.15, 0.2) is 36.7 Å². The zero-order valence-electron chi connectivity index (χ0n) is 7.83. The molecule has 0 unspecified atom stereocenters. The van der Waals surface area contributed by atoms with E-state index in [0.717, 1.165) is 24.5 Å². The van der Waals surface area contributed by atoms with Gasteiger partial charge in [0.2, 0.25) is 0 Å². The molecule has 0 fully saturated rings. The zero-order valence-corrected chi connectivity index (χ0v) is 7.83. The SMILES string of the molecule is [c]1ccc(NCCc2ncc[nH]2)cc1. The van der Waals surface area contributed by atoms with Crippen molar-refractivity contribution in [3.8, 4) is 0 Å². The summed E-state index contributed by atoms with van der Waals surface area (Å²) >= 11 is 0. The molecule has 2 rings (SSSR count). The number of rotatable bonds is 4. The molecule has 1 aromatic heterocycles. The van der Waals surface area contributed by atoms with Gasteiger partial charge >= 0.3 is 0 Å². The first-order valence-electron chi connectivity index (χ1n) is 4.63. The lowest BCUT2D eigenvalue weighted by molar-refractivity contribution is 0.927. The summed E-state index contributed by atoms with van der Waals surface area (Å²) in [4.78, 5) is 7.21. The topological polar surface area (TPSA) is 40.7 Å². The van der Waals surface area contributed by atoms with Crippen LogP contribution in [0.25, 0.3) is 0 Å². The maximum absolute atomic E-state index is 4.15. The Morgan fingerprint density at radius 3 is 2.93 bits per heavy atom. The van der Waals surface area contributed by atoms with Gasteiger partial charge in [0, 0.05) is 31.0 Å². The predicted octanol–water partition coefficient (Wildman–Crippen LogP) is 1.86. The van der Waals surface area contributed by atoms with Crippen molar-refractivity contribution in [1.29, 1.82) is 0 Å². The van der Waals surface area contributed by atoms with Gasteiger partial charge in [0.25, 0.3) is 0 Å². The minimum Gasteiger partial charge on any atom is -0.385 e. The molecule has 0 saturated carbocycles. The lowest BCUT2D eigenvalue weighted by Crippen LogP contribution is -2.05. The molecule has 3 heteroatoms. The molecule has 1 aromatic carbocycles. The summed E-state index contributed by atoms with van der Waals surface area (Å²) in [6.07, 6.45) is 4.52. The van der Waals surface area contributed by atoms with Gasteiger partial charge in [0.1, 0.15) is 5.82 Å². The first-order chi connectivity index (χ1) is 6.95. The minimum atomic E-state index is 0.886. The Labute approximate surface area is 83.2 Å². The van der Waals surface area contributed by atoms with Crippen LogP contribution in [0.3, 0.4) is 0 Å². The van der Waals surface area contributed by atoms with E-state index in [1.165, 1.54) is 0 Å². The molecule has 0 aliphatic heterocycles. The van der Waals surface area contributed by atoms with Crippen LogP contribution >= 0.6 is 0 Å². The third-order valence-corrected chi connectivity index (χ3v) is 1.96. The van der Waals surface area contributed by atoms with Crippen LogP contribution in [-0.4, -0.2) is 16.5 Å². The standard InChI is InChI=1S/C11H12N3/c1-2-4-10(5-3-1)12-7-6-11-13-8-9-14-11/h2-5,8-9,12H,6-7H2,(H,13,14). The van der Waals surface area contributed by atoms with Gasteiger partial charge in [-0.3, -0.25) is 0 Å². The van der Waals surface area contributed by atoms with E-state index in [1.807, 2.05) is 30.5 Å². The third-order valence-electron chi connectivity index (χ3n) is 1.96. The summed E-state index contributed by atoms with van der Waals surface area (Å²) in [6.45, 7) is 0.886. The molecule has 3 nitrogen and oxygen atoms in total. The maximum Gasteiger partial charge on any atom is 0.107 e. The second-order valence-electron chi connectivity index (χ2n) is 3.00. The van der Waals surface area contributed by atoms with Gasteiger partial charge in [0.15, 0.2) is 0 Å². The van der Waals surface area contributed by atoms with E-state index < -0.39 is 0 Å². The molecule has 0 aliphatic rings. The van der Waals surface area contributed by atoms with E-state index in [-0.39, 0.29) is 0 Å². The first kappa shape index (κ1) is 8.81. The average molecular weight is 186 g/mol. The molecular formula is C11H12N3. The van der Waals surface area contributed by atoms with Crippen LogP contribution in [-0.2, 0) is 6.42 Å². The summed E-state index contributed by atoms with van der Waals surface area (Å²) in [5, 5.41) is 3.30. The molecule has 0 spiro atoms. The van der Waals surface area contributed by atoms with E-state index in [2.05, 4.69) is 21.4 Å². The zero-order chi connectivity index (χ0) is 9.64. The Morgan fingerprint density at radius 1 is 1.36 bits per heavy atom. The van der Waals surface area contributed by atoms with Crippen molar-refractivity contribution >= 4 is 5.69 Å². The molecule has 71 valence electrons. The molecule has 2 N–H and O–H groups in total. The number of aromatic amines is 1. The Morgan fingerprint density at radius 2 is 2.21 bits per heavy atom. The summed E-state index contributed by atoms with van der Waals surface area (Å²) in [5.41, 5.74) is 1.12. The van der Waals surface area contributed by atoms with Gasteiger partial charge in [-0.05, 0) is 18.2 Å². The fraction of sp³-hybridized carbons (Fsp3) is 0.182. The van der Waals surface area contributed by atoms with Gasteiger partial charge in [-0.25, -0.2) is 4.98 Å². The van der Waals surface area contributed by atoms with Crippen LogP contribution in [0, 0.1) is 6.07 Å². The first-order valence-corrected chi connectivity index (χ1v) is 4.63. The summed E-state index contributed by atoms with van der Waals surface area (Å²) in [6, 6.07) is 10.8. The number of anilines is 1. The second-order valence-corrected chi connectivity index (χ2v) is 3.00. The van der Waals surface area contributed by atoms with Crippen molar-refractivity contribution in [3.63, 3.8) is 0 Å². The normalized spacial score (nSPS) is 10.0. The van der Waals surface area contributed by atoms with Crippen molar-refractivity contribution in [2.24, 2.45) is 0 Å². The van der Waals surface area contributed by atoms with Crippen LogP contribution in [0.5, 0.6) is 0 Å². The van der Waals surface area contributed by atoms with Crippen LogP contribution in [0.1, 0.15) is 5.82 Å². The Bertz CT molecular complexity index is 353. The van der Waals surface area contributed by atoms with E-state index >= 15 is 0 Å². The third kappa shape index (κ3) is 2.36. The number of imidazole rings is 1. The van der Waals surface area contributed by atoms with Gasteiger partial charge in [-0.2, -0.15) is 0 Å². The number of H-pyrrole nitrogens is 1. The Hall–Kier alpha value is -1.77. The monoisotopic (exact) mass is 186 g/mol. The molecule has 0 amide bonds. The highest BCUT2D eigenvalue weighted by molar-refractivity contribution is 5.42. The van der Waals surface area contributed by atoms with Crippen LogP contribution in [0.2, 0.25) is 0 Å². The van der Waals surface area contributed by atoms with Crippen molar-refractivity contribution in [1.82, 2.24) is 9.97 Å². The molecule has 14 heavy (non-hydrogen) atoms. The molecule has 1 heterocycles. The van der Waals surface area contributed by atoms with E-state index in [4.69, 9.17) is 0 Å². The maximum atomic E-state index is 4.15. The number of hydrogen-bond acceptors (Lipinski definition) is 2. The van der Waals surface area contributed by atoms with E-state index in [1.54, 1.807) is 6.20 Å². The van der Waals surface area contributed by atoms with Gasteiger partial charge < -0.3 is 10.3 Å². The number of benzene rings is 1. The van der Waals surface area contributed by atoms with E-state index in [9.17, 15) is 0 Å². The molecule has 1 radical (unpaired) electrons. The van der Waals surface area contributed by atoms with Crippen molar-refractivity contribution in [2.45, 2.75) is 6.42 Å². The van der Waals surface area contributed by atoms with Crippen LogP contribution < -0.4 is 5.32 Å². The lowest BCUT2D eigenvalue weighted by Gasteiger charge is -2.03. The molecular weight excluding hydrogens is 174 g/mol. The van der Waals surface area contributed by atoms with Crippen molar-refractivity contribution in [3.05, 3.63) is 48.5 Å². The van der Waals surface area contributed by atoms with Gasteiger partial charge in [0.05, 0.1) is 0 Å². The Balaban J connectivity index is 1.79. The van der Waals surface area contributed by atoms with E-state index in [0.29, 0.717) is 0 Å². The summed E-state index contributed by atoms with van der Waals surface area (Å²) in [7, 11) is 0. The molecule has 0 atom stereocenters. The largest absolute Gasteiger partial charge is 0.385 e. The highest BCUT2D eigenvalue weighted by atomic mass is 14.9. The lowest BCUT2D eigenvalue weighted by atomic mass is 10.3. The minimum absolute atomic E-state index is 0.886. The fourth-order valence-electron chi connectivity index (χ4n) is 1.26. The Kier molecular flexibility index (Phi) is 2.81. The average Bonchev–Trinajstić information content (AvgIpc) is 2.72. The van der Waals surface area contributed by atoms with Gasteiger partial charge in [-0.15, -0.1) is 0 Å². The van der Waals surface area contributed by atoms with Crippen molar-refractivity contribution < 1.29 is 0 Å². The number of hydrogen-bond donors (Lipinski definition) is 2. The molecule has 0 aliphatic carbocycles. The summed E-state index contributed by atoms with van der Waals surface area (Å²) < 4.78 is 0. The molecule has 2 aromatic rings. The highest BCUT2D eigenvalue weighted by Crippen LogP contribution is 2.04. The fourth-order valence-corrected chi connectivity index (χ4v) is 1.26. The summed E-state index contributed by atoms with van der Waals surface area (Å²) in [5.74, 6) is 1.01. The quantitative estimate of drug-likeness (QED) is 0.765.